The molecule has 1 aromatic carbocycles. The van der Waals surface area contributed by atoms with Gasteiger partial charge >= 0.3 is 5.97 Å². The number of rotatable bonds is 9. The summed E-state index contributed by atoms with van der Waals surface area (Å²) in [7, 11) is -3.67. The second kappa shape index (κ2) is 9.67. The molecule has 1 N–H and O–H groups in total. The number of sulfonamides is 1. The number of esters is 1. The zero-order valence-corrected chi connectivity index (χ0v) is 18.4. The number of hydrogen-bond donors (Lipinski definition) is 1. The predicted octanol–water partition coefficient (Wildman–Crippen LogP) is 2.58. The normalized spacial score (nSPS) is 12.7. The fourth-order valence-electron chi connectivity index (χ4n) is 2.18. The first kappa shape index (κ1) is 21.9. The Hall–Kier alpha value is -1.43. The van der Waals surface area contributed by atoms with Crippen LogP contribution in [0.4, 0.5) is 0 Å². The molecule has 1 unspecified atom stereocenters. The van der Waals surface area contributed by atoms with Crippen LogP contribution in [0.5, 0.6) is 0 Å². The lowest BCUT2D eigenvalue weighted by Gasteiger charge is -2.12. The van der Waals surface area contributed by atoms with Crippen molar-refractivity contribution in [3.63, 3.8) is 0 Å². The van der Waals surface area contributed by atoms with Gasteiger partial charge in [-0.1, -0.05) is 27.7 Å². The van der Waals surface area contributed by atoms with Crippen molar-refractivity contribution in [2.24, 2.45) is 0 Å². The number of halogens is 1. The average Bonchev–Trinajstić information content (AvgIpc) is 3.02. The summed E-state index contributed by atoms with van der Waals surface area (Å²) < 4.78 is 34.9. The maximum atomic E-state index is 12.4. The maximum absolute atomic E-state index is 12.4. The summed E-state index contributed by atoms with van der Waals surface area (Å²) in [6, 6.07) is 6.35. The molecule has 1 heterocycles. The second-order valence-electron chi connectivity index (χ2n) is 5.43. The van der Waals surface area contributed by atoms with Crippen LogP contribution >= 0.6 is 27.7 Å². The van der Waals surface area contributed by atoms with Crippen molar-refractivity contribution in [2.75, 3.05) is 6.61 Å². The molecule has 1 aromatic heterocycles. The summed E-state index contributed by atoms with van der Waals surface area (Å²) in [6.45, 7) is 6.23. The number of ether oxygens (including phenoxy) is 1. The number of nitrogens with zero attached hydrogens (tertiary/aromatic N) is 3. The fourth-order valence-corrected chi connectivity index (χ4v) is 4.35. The molecule has 0 fully saturated rings. The third-order valence-corrected chi connectivity index (χ3v) is 6.56. The largest absolute Gasteiger partial charge is 0.465 e. The highest BCUT2D eigenvalue weighted by Crippen LogP contribution is 2.23. The minimum Gasteiger partial charge on any atom is -0.465 e. The summed E-state index contributed by atoms with van der Waals surface area (Å²) in [5.74, 6) is 0.141. The van der Waals surface area contributed by atoms with Gasteiger partial charge in [-0.25, -0.2) is 13.1 Å². The van der Waals surface area contributed by atoms with E-state index in [1.165, 1.54) is 23.9 Å². The highest BCUT2D eigenvalue weighted by Gasteiger charge is 2.21. The zero-order chi connectivity index (χ0) is 20.0. The number of thioether (sulfide) groups is 1. The Balaban J connectivity index is 2.10. The Morgan fingerprint density at radius 2 is 1.96 bits per heavy atom. The first-order valence-electron chi connectivity index (χ1n) is 8.29. The molecule has 148 valence electrons. The van der Waals surface area contributed by atoms with Crippen LogP contribution < -0.4 is 4.72 Å². The van der Waals surface area contributed by atoms with E-state index >= 15 is 0 Å². The summed E-state index contributed by atoms with van der Waals surface area (Å²) in [5, 5.41) is 8.24. The monoisotopic (exact) mass is 476 g/mol. The number of carbonyl (C=O) groups excluding carboxylic acids is 1. The topological polar surface area (TPSA) is 103 Å². The van der Waals surface area contributed by atoms with Crippen molar-refractivity contribution in [2.45, 2.75) is 49.2 Å². The molecular formula is C16H21BrN4O4S2. The summed E-state index contributed by atoms with van der Waals surface area (Å²) in [4.78, 5) is 12.0. The third kappa shape index (κ3) is 5.77. The van der Waals surface area contributed by atoms with Gasteiger partial charge in [0.2, 0.25) is 10.0 Å². The number of hydrogen-bond acceptors (Lipinski definition) is 7. The molecule has 2 rings (SSSR count). The van der Waals surface area contributed by atoms with Gasteiger partial charge in [0.05, 0.1) is 18.0 Å². The van der Waals surface area contributed by atoms with Gasteiger partial charge in [0.25, 0.3) is 0 Å². The molecule has 0 aliphatic carbocycles. The van der Waals surface area contributed by atoms with Gasteiger partial charge < -0.3 is 9.30 Å². The first-order chi connectivity index (χ1) is 12.8. The highest BCUT2D eigenvalue weighted by molar-refractivity contribution is 9.10. The second-order valence-corrected chi connectivity index (χ2v) is 9.42. The molecule has 0 aliphatic heterocycles. The quantitative estimate of drug-likeness (QED) is 0.438. The van der Waals surface area contributed by atoms with E-state index in [2.05, 4.69) is 30.8 Å². The van der Waals surface area contributed by atoms with Crippen LogP contribution in [0.15, 0.2) is 38.8 Å². The Morgan fingerprint density at radius 1 is 1.30 bits per heavy atom. The van der Waals surface area contributed by atoms with Crippen molar-refractivity contribution in [1.82, 2.24) is 19.5 Å². The first-order valence-corrected chi connectivity index (χ1v) is 11.4. The van der Waals surface area contributed by atoms with Crippen molar-refractivity contribution >= 4 is 43.7 Å². The summed E-state index contributed by atoms with van der Waals surface area (Å²) >= 11 is 4.50. The average molecular weight is 477 g/mol. The van der Waals surface area contributed by atoms with Crippen molar-refractivity contribution < 1.29 is 17.9 Å². The van der Waals surface area contributed by atoms with E-state index < -0.39 is 15.3 Å². The van der Waals surface area contributed by atoms with Gasteiger partial charge in [0.15, 0.2) is 5.16 Å². The molecule has 11 heteroatoms. The summed E-state index contributed by atoms with van der Waals surface area (Å²) in [5.41, 5.74) is 0. The molecule has 27 heavy (non-hydrogen) atoms. The number of benzene rings is 1. The van der Waals surface area contributed by atoms with Crippen LogP contribution in [0.25, 0.3) is 0 Å². The van der Waals surface area contributed by atoms with E-state index in [1.807, 2.05) is 6.92 Å². The number of carbonyl (C=O) groups is 1. The molecular weight excluding hydrogens is 456 g/mol. The Morgan fingerprint density at radius 3 is 2.56 bits per heavy atom. The minimum atomic E-state index is -3.67. The van der Waals surface area contributed by atoms with Gasteiger partial charge in [-0.3, -0.25) is 4.79 Å². The molecule has 1 atom stereocenters. The zero-order valence-electron chi connectivity index (χ0n) is 15.2. The third-order valence-electron chi connectivity index (χ3n) is 3.55. The minimum absolute atomic E-state index is 0.00636. The number of aromatic nitrogens is 3. The molecule has 0 radical (unpaired) electrons. The molecule has 2 aromatic rings. The van der Waals surface area contributed by atoms with Crippen LogP contribution in [0, 0.1) is 0 Å². The Kier molecular flexibility index (Phi) is 7.83. The van der Waals surface area contributed by atoms with Crippen LogP contribution in [0.3, 0.4) is 0 Å². The van der Waals surface area contributed by atoms with Crippen molar-refractivity contribution in [3.8, 4) is 0 Å². The smallest absolute Gasteiger partial charge is 0.319 e. The van der Waals surface area contributed by atoms with E-state index in [4.69, 9.17) is 4.74 Å². The molecule has 0 spiro atoms. The molecule has 0 bridgehead atoms. The summed E-state index contributed by atoms with van der Waals surface area (Å²) in [6.07, 6.45) is 0. The predicted molar refractivity (Wildman–Crippen MR) is 106 cm³/mol. The van der Waals surface area contributed by atoms with Crippen LogP contribution in [-0.4, -0.2) is 41.0 Å². The van der Waals surface area contributed by atoms with E-state index in [-0.39, 0.29) is 17.4 Å². The standard InChI is InChI=1S/C16H21BrN4O4S2/c1-4-21-14(19-20-16(21)26-11(3)15(22)25-5-2)10-18-27(23,24)13-8-6-12(17)7-9-13/h6-9,11,18H,4-5,10H2,1-3H3. The van der Waals surface area contributed by atoms with E-state index in [0.29, 0.717) is 24.1 Å². The van der Waals surface area contributed by atoms with Gasteiger partial charge in [0, 0.05) is 11.0 Å². The van der Waals surface area contributed by atoms with Gasteiger partial charge in [-0.2, -0.15) is 0 Å². The highest BCUT2D eigenvalue weighted by atomic mass is 79.9. The van der Waals surface area contributed by atoms with Gasteiger partial charge in [0.1, 0.15) is 11.1 Å². The lowest BCUT2D eigenvalue weighted by atomic mass is 10.4. The molecule has 0 saturated carbocycles. The van der Waals surface area contributed by atoms with Crippen LogP contribution in [0.2, 0.25) is 0 Å². The molecule has 8 nitrogen and oxygen atoms in total. The van der Waals surface area contributed by atoms with E-state index in [9.17, 15) is 13.2 Å². The number of nitrogens with one attached hydrogen (secondary N) is 1. The van der Waals surface area contributed by atoms with E-state index in [0.717, 1.165) is 4.47 Å². The lowest BCUT2D eigenvalue weighted by molar-refractivity contribution is -0.142. The molecule has 0 amide bonds. The van der Waals surface area contributed by atoms with E-state index in [1.54, 1.807) is 30.5 Å². The maximum Gasteiger partial charge on any atom is 0.319 e. The Bertz CT molecular complexity index is 884. The van der Waals surface area contributed by atoms with Crippen molar-refractivity contribution in [3.05, 3.63) is 34.6 Å². The molecule has 0 saturated heterocycles. The fraction of sp³-hybridized carbons (Fsp3) is 0.438. The SMILES string of the molecule is CCOC(=O)C(C)Sc1nnc(CNS(=O)(=O)c2ccc(Br)cc2)n1CC. The lowest BCUT2D eigenvalue weighted by Crippen LogP contribution is -2.25. The van der Waals surface area contributed by atoms with Gasteiger partial charge in [-0.05, 0) is 45.0 Å². The molecule has 0 aliphatic rings. The van der Waals surface area contributed by atoms with Gasteiger partial charge in [-0.15, -0.1) is 10.2 Å². The van der Waals surface area contributed by atoms with Crippen LogP contribution in [-0.2, 0) is 32.6 Å². The van der Waals surface area contributed by atoms with Crippen molar-refractivity contribution in [1.29, 1.82) is 0 Å². The van der Waals surface area contributed by atoms with Crippen LogP contribution in [0.1, 0.15) is 26.6 Å². The Labute approximate surface area is 171 Å².